The van der Waals surface area contributed by atoms with E-state index in [0.717, 1.165) is 37.6 Å². The van der Waals surface area contributed by atoms with Crippen molar-refractivity contribution in [1.29, 1.82) is 0 Å². The Kier molecular flexibility index (Phi) is 13.2. The monoisotopic (exact) mass is 903 g/mol. The minimum atomic E-state index is -1.26. The lowest BCUT2D eigenvalue weighted by Crippen LogP contribution is -2.48. The number of Topliss-reactive ketones (excluding diaryl/α,β-unsaturated/α-hetero) is 1. The van der Waals surface area contributed by atoms with E-state index in [1.807, 2.05) is 58.2 Å². The van der Waals surface area contributed by atoms with Gasteiger partial charge < -0.3 is 29.5 Å². The van der Waals surface area contributed by atoms with Crippen LogP contribution in [0.25, 0.3) is 22.3 Å². The average Bonchev–Trinajstić information content (AvgIpc) is 3.91. The molecule has 8 rings (SSSR count). The highest BCUT2D eigenvalue weighted by atomic mass is 35.5. The number of fused-ring (bicyclic) bond motifs is 2. The topological polar surface area (TPSA) is 160 Å². The van der Waals surface area contributed by atoms with Crippen molar-refractivity contribution in [3.63, 3.8) is 0 Å². The molecule has 1 aromatic carbocycles. The van der Waals surface area contributed by atoms with Crippen LogP contribution in [0.3, 0.4) is 0 Å². The molecule has 4 heterocycles. The second-order valence-electron chi connectivity index (χ2n) is 20.0. The number of nitrogens with zero attached hydrogens (tertiary/aromatic N) is 4. The molecule has 340 valence electrons. The van der Waals surface area contributed by atoms with Crippen LogP contribution in [0.1, 0.15) is 98.8 Å². The van der Waals surface area contributed by atoms with Crippen molar-refractivity contribution in [3.8, 4) is 22.9 Å². The fourth-order valence-corrected chi connectivity index (χ4v) is 11.2. The Morgan fingerprint density at radius 1 is 1.03 bits per heavy atom. The molecule has 15 heteroatoms. The van der Waals surface area contributed by atoms with Gasteiger partial charge in [-0.05, 0) is 101 Å². The number of ether oxygens (including phenoxy) is 3. The molecule has 1 unspecified atom stereocenters. The fraction of sp³-hybridized carbons (Fsp3) is 0.625. The van der Waals surface area contributed by atoms with E-state index < -0.39 is 40.8 Å². The molecule has 3 aromatic rings. The second kappa shape index (κ2) is 18.3. The zero-order chi connectivity index (χ0) is 44.8. The van der Waals surface area contributed by atoms with E-state index in [4.69, 9.17) is 35.8 Å². The Morgan fingerprint density at radius 2 is 1.78 bits per heavy atom. The Hall–Kier alpha value is -4.27. The fourth-order valence-electron chi connectivity index (χ4n) is 10.0. The van der Waals surface area contributed by atoms with Crippen LogP contribution >= 0.6 is 22.9 Å². The zero-order valence-electron chi connectivity index (χ0n) is 37.2. The van der Waals surface area contributed by atoms with Crippen LogP contribution in [0.2, 0.25) is 5.02 Å². The van der Waals surface area contributed by atoms with Gasteiger partial charge in [-0.2, -0.15) is 0 Å². The van der Waals surface area contributed by atoms with E-state index in [2.05, 4.69) is 16.8 Å². The number of rotatable bonds is 18. The van der Waals surface area contributed by atoms with Crippen LogP contribution in [-0.4, -0.2) is 106 Å². The number of carbonyl (C=O) groups is 4. The molecule has 2 aliphatic heterocycles. The van der Waals surface area contributed by atoms with Gasteiger partial charge in [0.05, 0.1) is 41.6 Å². The van der Waals surface area contributed by atoms with Gasteiger partial charge in [-0.1, -0.05) is 44.9 Å². The van der Waals surface area contributed by atoms with Gasteiger partial charge in [-0.25, -0.2) is 9.97 Å². The van der Waals surface area contributed by atoms with Gasteiger partial charge >= 0.3 is 11.9 Å². The first-order chi connectivity index (χ1) is 30.0. The number of likely N-dealkylation sites (tertiary alicyclic amines) is 2. The van der Waals surface area contributed by atoms with Crippen molar-refractivity contribution in [1.82, 2.24) is 19.8 Å². The van der Waals surface area contributed by atoms with Crippen LogP contribution in [0.15, 0.2) is 36.2 Å². The summed E-state index contributed by atoms with van der Waals surface area (Å²) in [7, 11) is 0. The van der Waals surface area contributed by atoms with Gasteiger partial charge in [-0.3, -0.25) is 24.1 Å². The largest absolute Gasteiger partial charge is 0.491 e. The molecule has 2 N–H and O–H groups in total. The number of pyridine rings is 1. The Bertz CT molecular complexity index is 2230. The van der Waals surface area contributed by atoms with Gasteiger partial charge in [-0.15, -0.1) is 17.9 Å². The standard InChI is InChI=1S/C48H62ClN5O8S/c1-7-30-23-48(30,45(58)59)24-38(55)37-20-32(25-54(37)44(57)34(47(4,5)6)21-41(56)62-31-18-28-17-29(28)19-31)61-40-22-35(36-26-63-46(52-36)50-27(2)3)51-43-33(40)11-12-39(42(43)49)60-16-15-53-13-9-8-10-14-53/h7,11-12,22,26-32,34,37H,1,8-10,13-21,23-25H2,2-6H3,(H,50,52)(H,58,59)/t28-,29+,30-,31?,32-,34-,37+,48-/m1/s1. The van der Waals surface area contributed by atoms with Crippen LogP contribution < -0.4 is 14.8 Å². The summed E-state index contributed by atoms with van der Waals surface area (Å²) in [5.74, 6) is -1.13. The molecular weight excluding hydrogens is 842 g/mol. The van der Waals surface area contributed by atoms with Crippen molar-refractivity contribution in [2.45, 2.75) is 123 Å². The summed E-state index contributed by atoms with van der Waals surface area (Å²) >= 11 is 8.60. The predicted molar refractivity (Wildman–Crippen MR) is 243 cm³/mol. The molecule has 13 nitrogen and oxygen atoms in total. The predicted octanol–water partition coefficient (Wildman–Crippen LogP) is 8.68. The number of amides is 1. The summed E-state index contributed by atoms with van der Waals surface area (Å²) in [6.45, 7) is 17.0. The molecule has 0 bridgehead atoms. The maximum absolute atomic E-state index is 14.9. The third-order valence-electron chi connectivity index (χ3n) is 13.9. The molecule has 63 heavy (non-hydrogen) atoms. The summed E-state index contributed by atoms with van der Waals surface area (Å²) in [6.07, 6.45) is 7.38. The molecule has 1 amide bonds. The normalized spacial score (nSPS) is 27.2. The first kappa shape index (κ1) is 45.3. The lowest BCUT2D eigenvalue weighted by atomic mass is 9.77. The number of hydrogen-bond acceptors (Lipinski definition) is 12. The summed E-state index contributed by atoms with van der Waals surface area (Å²) in [6, 6.07) is 4.68. The molecule has 2 saturated heterocycles. The van der Waals surface area contributed by atoms with Crippen LogP contribution in [0, 0.1) is 34.5 Å². The third kappa shape index (κ3) is 10.0. The van der Waals surface area contributed by atoms with Crippen LogP contribution in [0.4, 0.5) is 5.13 Å². The molecule has 2 aromatic heterocycles. The quantitative estimate of drug-likeness (QED) is 0.0925. The number of ketones is 1. The number of carboxylic acid groups (broad SMARTS) is 1. The minimum absolute atomic E-state index is 0.0392. The van der Waals surface area contributed by atoms with Crippen LogP contribution in [-0.2, 0) is 23.9 Å². The maximum atomic E-state index is 14.9. The van der Waals surface area contributed by atoms with Gasteiger partial charge in [0.25, 0.3) is 0 Å². The lowest BCUT2D eigenvalue weighted by molar-refractivity contribution is -0.157. The average molecular weight is 905 g/mol. The molecule has 3 saturated carbocycles. The number of carboxylic acids is 1. The number of allylic oxidation sites excluding steroid dienone is 1. The molecule has 5 fully saturated rings. The number of carbonyl (C=O) groups excluding carboxylic acids is 3. The van der Waals surface area contributed by atoms with E-state index in [-0.39, 0.29) is 55.6 Å². The summed E-state index contributed by atoms with van der Waals surface area (Å²) < 4.78 is 19.0. The third-order valence-corrected chi connectivity index (χ3v) is 15.0. The van der Waals surface area contributed by atoms with Crippen molar-refractivity contribution < 1.29 is 38.5 Å². The summed E-state index contributed by atoms with van der Waals surface area (Å²) in [5.41, 5.74) is -0.324. The van der Waals surface area contributed by atoms with Crippen molar-refractivity contribution >= 4 is 62.6 Å². The van der Waals surface area contributed by atoms with E-state index >= 15 is 0 Å². The number of thiazole rings is 1. The number of halogens is 1. The number of esters is 1. The number of hydrogen-bond donors (Lipinski definition) is 2. The Labute approximate surface area is 379 Å². The minimum Gasteiger partial charge on any atom is -0.491 e. The highest BCUT2D eigenvalue weighted by molar-refractivity contribution is 7.14. The molecule has 0 radical (unpaired) electrons. The van der Waals surface area contributed by atoms with Crippen molar-refractivity contribution in [3.05, 3.63) is 41.3 Å². The Morgan fingerprint density at radius 3 is 2.44 bits per heavy atom. The summed E-state index contributed by atoms with van der Waals surface area (Å²) in [4.78, 5) is 69.1. The zero-order valence-corrected chi connectivity index (χ0v) is 38.8. The number of aliphatic carboxylic acids is 1. The highest BCUT2D eigenvalue weighted by Crippen LogP contribution is 2.57. The Balaban J connectivity index is 1.09. The van der Waals surface area contributed by atoms with Gasteiger partial charge in [0.15, 0.2) is 10.9 Å². The van der Waals surface area contributed by atoms with E-state index in [1.165, 1.54) is 41.9 Å². The molecule has 8 atom stereocenters. The SMILES string of the molecule is C=C[C@@H]1C[C@]1(CC(=O)[C@@H]1C[C@@H](Oc2cc(-c3csc(NC(C)C)n3)nc3c(Cl)c(OCCN4CCCCC4)ccc23)CN1C(=O)[C@@H](CC(=O)OC1C[C@@H]2C[C@@H]2C1)C(C)(C)C)C(=O)O. The smallest absolute Gasteiger partial charge is 0.310 e. The number of benzene rings is 1. The highest BCUT2D eigenvalue weighted by Gasteiger charge is 2.61. The number of piperidine rings is 1. The van der Waals surface area contributed by atoms with E-state index in [0.29, 0.717) is 63.7 Å². The van der Waals surface area contributed by atoms with Crippen molar-refractivity contribution in [2.75, 3.05) is 38.1 Å². The second-order valence-corrected chi connectivity index (χ2v) is 21.2. The van der Waals surface area contributed by atoms with Gasteiger partial charge in [0.1, 0.15) is 41.0 Å². The number of nitrogens with one attached hydrogen (secondary N) is 1. The van der Waals surface area contributed by atoms with E-state index in [1.54, 1.807) is 6.08 Å². The first-order valence-electron chi connectivity index (χ1n) is 22.8. The first-order valence-corrected chi connectivity index (χ1v) is 24.0. The number of aromatic nitrogens is 2. The van der Waals surface area contributed by atoms with Crippen molar-refractivity contribution in [2.24, 2.45) is 34.5 Å². The maximum Gasteiger partial charge on any atom is 0.310 e. The van der Waals surface area contributed by atoms with Gasteiger partial charge in [0.2, 0.25) is 5.91 Å². The molecule has 5 aliphatic rings. The van der Waals surface area contributed by atoms with E-state index in [9.17, 15) is 24.3 Å². The molecule has 3 aliphatic carbocycles. The molecular formula is C48H62ClN5O8S. The van der Waals surface area contributed by atoms with Gasteiger partial charge in [0, 0.05) is 42.3 Å². The lowest BCUT2D eigenvalue weighted by Gasteiger charge is -2.35. The summed E-state index contributed by atoms with van der Waals surface area (Å²) in [5, 5.41) is 17.2. The van der Waals surface area contributed by atoms with Crippen LogP contribution in [0.5, 0.6) is 11.5 Å². The molecule has 0 spiro atoms. The number of anilines is 1.